The second-order valence-electron chi connectivity index (χ2n) is 5.80. The van der Waals surface area contributed by atoms with Crippen molar-refractivity contribution in [2.75, 3.05) is 0 Å². The molecule has 0 radical (unpaired) electrons. The van der Waals surface area contributed by atoms with E-state index in [1.165, 1.54) is 0 Å². The van der Waals surface area contributed by atoms with Crippen LogP contribution in [0.25, 0.3) is 0 Å². The zero-order chi connectivity index (χ0) is 17.8. The Morgan fingerprint density at radius 3 is 2.48 bits per heavy atom. The Morgan fingerprint density at radius 1 is 1.00 bits per heavy atom. The Labute approximate surface area is 145 Å². The number of ether oxygens (including phenoxy) is 2. The molecule has 0 aliphatic heterocycles. The minimum Gasteiger partial charge on any atom is -0.488 e. The molecule has 25 heavy (non-hydrogen) atoms. The number of carbonyl (C=O) groups excluding carboxylic acids is 3. The molecular weight excluding hydrogens is 320 g/mol. The number of carbonyl (C=O) groups is 3. The smallest absolute Gasteiger partial charge is 0.306 e. The van der Waals surface area contributed by atoms with Crippen molar-refractivity contribution in [2.45, 2.75) is 32.5 Å². The molecule has 0 amide bonds. The van der Waals surface area contributed by atoms with Gasteiger partial charge in [0, 0.05) is 12.0 Å². The van der Waals surface area contributed by atoms with Gasteiger partial charge >= 0.3 is 5.97 Å². The molecule has 0 N–H and O–H groups in total. The quantitative estimate of drug-likeness (QED) is 0.597. The monoisotopic (exact) mass is 338 g/mol. The number of benzene rings is 2. The van der Waals surface area contributed by atoms with Crippen molar-refractivity contribution in [3.8, 4) is 5.75 Å². The highest BCUT2D eigenvalue weighted by atomic mass is 16.6. The molecule has 0 saturated carbocycles. The molecule has 2 aromatic carbocycles. The van der Waals surface area contributed by atoms with E-state index in [-0.39, 0.29) is 24.2 Å². The van der Waals surface area contributed by atoms with E-state index in [9.17, 15) is 14.4 Å². The number of hydrogen-bond donors (Lipinski definition) is 0. The van der Waals surface area contributed by atoms with E-state index in [0.29, 0.717) is 12.2 Å². The van der Waals surface area contributed by atoms with Gasteiger partial charge in [-0.15, -0.1) is 0 Å². The van der Waals surface area contributed by atoms with Gasteiger partial charge in [-0.2, -0.15) is 0 Å². The third-order valence-corrected chi connectivity index (χ3v) is 3.95. The van der Waals surface area contributed by atoms with Gasteiger partial charge < -0.3 is 9.47 Å². The molecular formula is C20H18O5. The summed E-state index contributed by atoms with van der Waals surface area (Å²) in [7, 11) is 0. The van der Waals surface area contributed by atoms with E-state index >= 15 is 0 Å². The molecule has 0 saturated heterocycles. The minimum absolute atomic E-state index is 0.171. The van der Waals surface area contributed by atoms with Gasteiger partial charge in [0.15, 0.2) is 0 Å². The molecule has 1 aliphatic rings. The topological polar surface area (TPSA) is 69.7 Å². The van der Waals surface area contributed by atoms with Crippen LogP contribution >= 0.6 is 0 Å². The number of ketones is 2. The normalized spacial score (nSPS) is 15.8. The van der Waals surface area contributed by atoms with Gasteiger partial charge in [-0.05, 0) is 18.1 Å². The number of rotatable bonds is 6. The number of esters is 1. The maximum atomic E-state index is 12.6. The molecule has 0 aromatic heterocycles. The van der Waals surface area contributed by atoms with E-state index in [0.717, 1.165) is 5.56 Å². The van der Waals surface area contributed by atoms with E-state index in [1.807, 2.05) is 37.3 Å². The molecule has 0 heterocycles. The van der Waals surface area contributed by atoms with Crippen LogP contribution in [0, 0.1) is 0 Å². The lowest BCUT2D eigenvalue weighted by Gasteiger charge is -2.10. The summed E-state index contributed by atoms with van der Waals surface area (Å²) in [4.78, 5) is 36.7. The molecule has 5 nitrogen and oxygen atoms in total. The fourth-order valence-electron chi connectivity index (χ4n) is 2.74. The Hall–Kier alpha value is -2.95. The van der Waals surface area contributed by atoms with Gasteiger partial charge in [0.25, 0.3) is 0 Å². The van der Waals surface area contributed by atoms with Gasteiger partial charge in [-0.25, -0.2) is 0 Å². The third kappa shape index (κ3) is 3.45. The van der Waals surface area contributed by atoms with Crippen molar-refractivity contribution in [3.05, 3.63) is 65.2 Å². The lowest BCUT2D eigenvalue weighted by molar-refractivity contribution is -0.145. The Morgan fingerprint density at radius 2 is 1.76 bits per heavy atom. The van der Waals surface area contributed by atoms with Crippen molar-refractivity contribution in [2.24, 2.45) is 0 Å². The first-order valence-electron chi connectivity index (χ1n) is 8.19. The lowest BCUT2D eigenvalue weighted by atomic mass is 10.1. The maximum Gasteiger partial charge on any atom is 0.306 e. The van der Waals surface area contributed by atoms with Crippen LogP contribution in [0.3, 0.4) is 0 Å². The summed E-state index contributed by atoms with van der Waals surface area (Å²) in [6, 6.07) is 14.4. The third-order valence-electron chi connectivity index (χ3n) is 3.95. The number of Topliss-reactive ketones (excluding diaryl/α,β-unsaturated/α-hetero) is 2. The van der Waals surface area contributed by atoms with Crippen LogP contribution in [0.1, 0.15) is 46.0 Å². The fourth-order valence-corrected chi connectivity index (χ4v) is 2.74. The lowest BCUT2D eigenvalue weighted by Crippen LogP contribution is -2.28. The van der Waals surface area contributed by atoms with Crippen LogP contribution < -0.4 is 4.74 Å². The molecule has 1 atom stereocenters. The predicted molar refractivity (Wildman–Crippen MR) is 90.7 cm³/mol. The van der Waals surface area contributed by atoms with Gasteiger partial charge in [0.1, 0.15) is 12.4 Å². The molecule has 3 rings (SSSR count). The first kappa shape index (κ1) is 16.9. The summed E-state index contributed by atoms with van der Waals surface area (Å²) in [6.07, 6.45) is -0.632. The second kappa shape index (κ2) is 7.30. The van der Waals surface area contributed by atoms with Crippen molar-refractivity contribution in [1.82, 2.24) is 0 Å². The Balaban J connectivity index is 1.81. The van der Waals surface area contributed by atoms with Crippen LogP contribution in [-0.4, -0.2) is 23.6 Å². The first-order chi connectivity index (χ1) is 12.1. The summed E-state index contributed by atoms with van der Waals surface area (Å²) in [5, 5.41) is 0. The summed E-state index contributed by atoms with van der Waals surface area (Å²) in [5.41, 5.74) is 1.38. The van der Waals surface area contributed by atoms with Crippen LogP contribution in [0.2, 0.25) is 0 Å². The van der Waals surface area contributed by atoms with Gasteiger partial charge in [0.05, 0.1) is 5.56 Å². The van der Waals surface area contributed by atoms with Gasteiger partial charge in [-0.1, -0.05) is 49.4 Å². The highest BCUT2D eigenvalue weighted by Crippen LogP contribution is 2.32. The van der Waals surface area contributed by atoms with Crippen LogP contribution in [0.4, 0.5) is 0 Å². The van der Waals surface area contributed by atoms with Crippen molar-refractivity contribution in [3.63, 3.8) is 0 Å². The average Bonchev–Trinajstić information content (AvgIpc) is 2.86. The minimum atomic E-state index is -1.39. The predicted octanol–water partition coefficient (Wildman–Crippen LogP) is 3.36. The molecule has 128 valence electrons. The van der Waals surface area contributed by atoms with E-state index in [2.05, 4.69) is 0 Å². The Kier molecular flexibility index (Phi) is 4.93. The Bertz CT molecular complexity index is 810. The maximum absolute atomic E-state index is 12.6. The highest BCUT2D eigenvalue weighted by molar-refractivity contribution is 6.30. The van der Waals surface area contributed by atoms with Crippen molar-refractivity contribution in [1.29, 1.82) is 0 Å². The highest BCUT2D eigenvalue weighted by Gasteiger charge is 2.43. The molecule has 5 heteroatoms. The van der Waals surface area contributed by atoms with Crippen LogP contribution in [0.15, 0.2) is 48.5 Å². The first-order valence-corrected chi connectivity index (χ1v) is 8.19. The van der Waals surface area contributed by atoms with E-state index < -0.39 is 23.6 Å². The van der Waals surface area contributed by atoms with Gasteiger partial charge in [0.2, 0.25) is 17.7 Å². The van der Waals surface area contributed by atoms with E-state index in [1.54, 1.807) is 18.2 Å². The van der Waals surface area contributed by atoms with E-state index in [4.69, 9.17) is 9.47 Å². The summed E-state index contributed by atoms with van der Waals surface area (Å²) >= 11 is 0. The fraction of sp³-hybridized carbons (Fsp3) is 0.250. The molecule has 1 unspecified atom stereocenters. The number of hydrogen-bond acceptors (Lipinski definition) is 5. The number of fused-ring (bicyclic) bond motifs is 1. The van der Waals surface area contributed by atoms with Crippen molar-refractivity contribution < 1.29 is 23.9 Å². The SMILES string of the molecule is CCCC(=O)OC1C(=O)c2cccc(OCc3ccccc3)c2C1=O. The molecule has 0 fully saturated rings. The van der Waals surface area contributed by atoms with Crippen LogP contribution in [0.5, 0.6) is 5.75 Å². The summed E-state index contributed by atoms with van der Waals surface area (Å²) in [5.74, 6) is -1.23. The van der Waals surface area contributed by atoms with Crippen molar-refractivity contribution >= 4 is 17.5 Å². The standard InChI is InChI=1S/C20H18O5/c1-2-7-16(21)25-20-18(22)14-10-6-11-15(17(14)19(20)23)24-12-13-8-4-3-5-9-13/h3-6,8-11,20H,2,7,12H2,1H3. The molecule has 2 aromatic rings. The van der Waals surface area contributed by atoms with Gasteiger partial charge in [-0.3, -0.25) is 14.4 Å². The average molecular weight is 338 g/mol. The second-order valence-corrected chi connectivity index (χ2v) is 5.80. The largest absolute Gasteiger partial charge is 0.488 e. The molecule has 0 spiro atoms. The molecule has 1 aliphatic carbocycles. The van der Waals surface area contributed by atoms with Crippen LogP contribution in [-0.2, 0) is 16.1 Å². The zero-order valence-corrected chi connectivity index (χ0v) is 13.9. The molecule has 0 bridgehead atoms. The zero-order valence-electron chi connectivity index (χ0n) is 13.9. The summed E-state index contributed by atoms with van der Waals surface area (Å²) in [6.45, 7) is 2.10. The summed E-state index contributed by atoms with van der Waals surface area (Å²) < 4.78 is 10.8.